The second-order valence-corrected chi connectivity index (χ2v) is 9.71. The normalized spacial score (nSPS) is 17.9. The largest absolute Gasteiger partial charge is 0.436 e. The number of likely N-dealkylation sites (N-methyl/N-ethyl adjacent to an activating group) is 1. The van der Waals surface area contributed by atoms with Gasteiger partial charge in [0.1, 0.15) is 17.5 Å². The molecule has 0 unspecified atom stereocenters. The smallest absolute Gasteiger partial charge is 0.230 e. The van der Waals surface area contributed by atoms with E-state index in [0.717, 1.165) is 37.8 Å². The van der Waals surface area contributed by atoms with Crippen LogP contribution in [-0.4, -0.2) is 60.5 Å². The van der Waals surface area contributed by atoms with Crippen molar-refractivity contribution in [2.24, 2.45) is 10.9 Å². The summed E-state index contributed by atoms with van der Waals surface area (Å²) in [5, 5.41) is 3.24. The first-order valence-corrected chi connectivity index (χ1v) is 12.0. The first kappa shape index (κ1) is 23.4. The summed E-state index contributed by atoms with van der Waals surface area (Å²) in [7, 11) is 2.07. The molecule has 0 spiro atoms. The van der Waals surface area contributed by atoms with Gasteiger partial charge in [0.15, 0.2) is 11.6 Å². The first-order chi connectivity index (χ1) is 16.8. The Morgan fingerprint density at radius 3 is 2.54 bits per heavy atom. The molecule has 9 heteroatoms. The second-order valence-electron chi connectivity index (χ2n) is 9.71. The highest BCUT2D eigenvalue weighted by atomic mass is 19.1. The molecule has 1 N–H and O–H groups in total. The number of fused-ring (bicyclic) bond motifs is 1. The zero-order valence-corrected chi connectivity index (χ0v) is 20.5. The molecule has 0 saturated carbocycles. The van der Waals surface area contributed by atoms with E-state index in [1.807, 2.05) is 13.0 Å². The SMILES string of the molecule is CC1=Cc2c(F)c(Oc3cc(NC4=NCC(C(C)C)=C4)nc(N4CCN(C)CC4)n3)cc(F)c2C1. The maximum absolute atomic E-state index is 15.2. The van der Waals surface area contributed by atoms with Crippen LogP contribution in [0.15, 0.2) is 34.3 Å². The van der Waals surface area contributed by atoms with E-state index in [-0.39, 0.29) is 17.2 Å². The topological polar surface area (TPSA) is 65.9 Å². The lowest BCUT2D eigenvalue weighted by Gasteiger charge is -2.32. The van der Waals surface area contributed by atoms with Gasteiger partial charge >= 0.3 is 0 Å². The van der Waals surface area contributed by atoms with Crippen LogP contribution in [0.2, 0.25) is 0 Å². The van der Waals surface area contributed by atoms with Gasteiger partial charge in [0.05, 0.1) is 6.54 Å². The molecule has 1 saturated heterocycles. The number of hydrogen-bond acceptors (Lipinski definition) is 7. The number of anilines is 2. The third-order valence-electron chi connectivity index (χ3n) is 6.61. The van der Waals surface area contributed by atoms with Crippen LogP contribution in [0.1, 0.15) is 31.9 Å². The Hall–Kier alpha value is -3.33. The number of amidine groups is 1. The third-order valence-corrected chi connectivity index (χ3v) is 6.61. The van der Waals surface area contributed by atoms with Crippen LogP contribution in [0.5, 0.6) is 11.6 Å². The Kier molecular flexibility index (Phi) is 6.27. The van der Waals surface area contributed by atoms with Crippen molar-refractivity contribution in [2.45, 2.75) is 27.2 Å². The molecule has 184 valence electrons. The minimum atomic E-state index is -0.586. The summed E-state index contributed by atoms with van der Waals surface area (Å²) in [5.74, 6) is 0.947. The van der Waals surface area contributed by atoms with Crippen LogP contribution in [0, 0.1) is 17.6 Å². The highest BCUT2D eigenvalue weighted by Gasteiger charge is 2.24. The molecule has 2 aliphatic heterocycles. The minimum Gasteiger partial charge on any atom is -0.436 e. The average Bonchev–Trinajstić information content (AvgIpc) is 3.45. The fraction of sp³-hybridized carbons (Fsp3) is 0.423. The van der Waals surface area contributed by atoms with Crippen LogP contribution >= 0.6 is 0 Å². The van der Waals surface area contributed by atoms with E-state index >= 15 is 4.39 Å². The third kappa shape index (κ3) is 4.91. The van der Waals surface area contributed by atoms with E-state index in [1.165, 1.54) is 5.57 Å². The van der Waals surface area contributed by atoms with Crippen molar-refractivity contribution < 1.29 is 13.5 Å². The fourth-order valence-electron chi connectivity index (χ4n) is 4.43. The van der Waals surface area contributed by atoms with Crippen molar-refractivity contribution in [3.05, 3.63) is 52.1 Å². The summed E-state index contributed by atoms with van der Waals surface area (Å²) in [6.45, 7) is 10.0. The van der Waals surface area contributed by atoms with E-state index in [2.05, 4.69) is 51.0 Å². The van der Waals surface area contributed by atoms with Crippen molar-refractivity contribution in [1.82, 2.24) is 14.9 Å². The molecule has 3 aliphatic rings. The number of nitrogens with zero attached hydrogens (tertiary/aromatic N) is 5. The Balaban J connectivity index is 1.47. The van der Waals surface area contributed by atoms with Crippen LogP contribution < -0.4 is 15.0 Å². The van der Waals surface area contributed by atoms with Crippen molar-refractivity contribution in [2.75, 3.05) is 50.0 Å². The van der Waals surface area contributed by atoms with Crippen LogP contribution in [0.25, 0.3) is 6.08 Å². The molecule has 35 heavy (non-hydrogen) atoms. The molecule has 1 aromatic carbocycles. The molecule has 7 nitrogen and oxygen atoms in total. The number of halogens is 2. The summed E-state index contributed by atoms with van der Waals surface area (Å²) in [6.07, 6.45) is 4.09. The maximum Gasteiger partial charge on any atom is 0.230 e. The van der Waals surface area contributed by atoms with Gasteiger partial charge in [0, 0.05) is 49.4 Å². The standard InChI is InChI=1S/C26H30F2N6O/c1-15(2)17-11-22(29-14-17)30-23-13-24(32-26(31-23)34-7-5-33(4)6-8-34)35-21-12-20(27)18-9-16(3)10-19(18)25(21)28/h10-13,15H,5-9,14H2,1-4H3,(H,29,30,31,32). The lowest BCUT2D eigenvalue weighted by molar-refractivity contribution is 0.310. The maximum atomic E-state index is 15.2. The van der Waals surface area contributed by atoms with E-state index in [1.54, 1.807) is 12.1 Å². The summed E-state index contributed by atoms with van der Waals surface area (Å²) in [6, 6.07) is 2.69. The molecule has 1 fully saturated rings. The summed E-state index contributed by atoms with van der Waals surface area (Å²) >= 11 is 0. The Labute approximate surface area is 204 Å². The molecule has 0 amide bonds. The van der Waals surface area contributed by atoms with Crippen LogP contribution in [-0.2, 0) is 6.42 Å². The predicted octanol–water partition coefficient (Wildman–Crippen LogP) is 4.66. The van der Waals surface area contributed by atoms with E-state index in [9.17, 15) is 4.39 Å². The van der Waals surface area contributed by atoms with Crippen LogP contribution in [0.4, 0.5) is 20.5 Å². The predicted molar refractivity (Wildman–Crippen MR) is 134 cm³/mol. The zero-order valence-electron chi connectivity index (χ0n) is 20.5. The quantitative estimate of drug-likeness (QED) is 0.671. The Bertz CT molecular complexity index is 1240. The van der Waals surface area contributed by atoms with E-state index in [4.69, 9.17) is 4.74 Å². The average molecular weight is 481 g/mol. The molecule has 1 aliphatic carbocycles. The van der Waals surface area contributed by atoms with Gasteiger partial charge in [-0.05, 0) is 38.0 Å². The molecular weight excluding hydrogens is 450 g/mol. The van der Waals surface area contributed by atoms with Crippen molar-refractivity contribution in [1.29, 1.82) is 0 Å². The Morgan fingerprint density at radius 2 is 1.83 bits per heavy atom. The minimum absolute atomic E-state index is 0.139. The van der Waals surface area contributed by atoms with Gasteiger partial charge in [-0.2, -0.15) is 9.97 Å². The van der Waals surface area contributed by atoms with Gasteiger partial charge in [-0.25, -0.2) is 8.78 Å². The Morgan fingerprint density at radius 1 is 1.06 bits per heavy atom. The number of hydrogen-bond donors (Lipinski definition) is 1. The second kappa shape index (κ2) is 9.37. The number of nitrogens with one attached hydrogen (secondary N) is 1. The molecule has 0 bridgehead atoms. The summed E-state index contributed by atoms with van der Waals surface area (Å²) in [5.41, 5.74) is 2.75. The zero-order chi connectivity index (χ0) is 24.7. The fourth-order valence-corrected chi connectivity index (χ4v) is 4.43. The van der Waals surface area contributed by atoms with Gasteiger partial charge < -0.3 is 19.9 Å². The molecule has 1 aromatic heterocycles. The number of allylic oxidation sites excluding steroid dienone is 1. The molecule has 0 radical (unpaired) electrons. The number of aromatic nitrogens is 2. The lowest BCUT2D eigenvalue weighted by Crippen LogP contribution is -2.45. The highest BCUT2D eigenvalue weighted by molar-refractivity contribution is 6.05. The van der Waals surface area contributed by atoms with Crippen molar-refractivity contribution >= 4 is 23.7 Å². The van der Waals surface area contributed by atoms with E-state index in [0.29, 0.717) is 42.0 Å². The number of rotatable bonds is 5. The molecule has 2 aromatic rings. The summed E-state index contributed by atoms with van der Waals surface area (Å²) < 4.78 is 35.8. The monoisotopic (exact) mass is 480 g/mol. The number of ether oxygens (including phenoxy) is 1. The van der Waals surface area contributed by atoms with Gasteiger partial charge in [0.2, 0.25) is 11.8 Å². The lowest BCUT2D eigenvalue weighted by atomic mass is 10.0. The van der Waals surface area contributed by atoms with Gasteiger partial charge in [-0.1, -0.05) is 25.5 Å². The van der Waals surface area contributed by atoms with Gasteiger partial charge in [0.25, 0.3) is 0 Å². The first-order valence-electron chi connectivity index (χ1n) is 12.0. The molecule has 3 heterocycles. The molecule has 0 atom stereocenters. The number of piperazine rings is 1. The van der Waals surface area contributed by atoms with Crippen LogP contribution in [0.3, 0.4) is 0 Å². The molecule has 5 rings (SSSR count). The van der Waals surface area contributed by atoms with Gasteiger partial charge in [-0.3, -0.25) is 4.99 Å². The van der Waals surface area contributed by atoms with Crippen molar-refractivity contribution in [3.63, 3.8) is 0 Å². The van der Waals surface area contributed by atoms with E-state index < -0.39 is 11.6 Å². The number of aliphatic imine (C=N–C) groups is 1. The summed E-state index contributed by atoms with van der Waals surface area (Å²) in [4.78, 5) is 18.1. The van der Waals surface area contributed by atoms with Gasteiger partial charge in [-0.15, -0.1) is 0 Å². The highest BCUT2D eigenvalue weighted by Crippen LogP contribution is 2.36. The molecular formula is C26H30F2N6O. The number of benzene rings is 1. The van der Waals surface area contributed by atoms with Crippen molar-refractivity contribution in [3.8, 4) is 11.6 Å².